The molecular weight excluding hydrogens is 200 g/mol. The van der Waals surface area contributed by atoms with Gasteiger partial charge in [0.15, 0.2) is 0 Å². The molecule has 3 aliphatic rings. The lowest BCUT2D eigenvalue weighted by molar-refractivity contribution is 0.294. The Hall–Kier alpha value is 0.220. The van der Waals surface area contributed by atoms with Crippen LogP contribution in [0.3, 0.4) is 0 Å². The number of fused-ring (bicyclic) bond motifs is 5. The number of hydrogen-bond acceptors (Lipinski definition) is 0. The summed E-state index contributed by atoms with van der Waals surface area (Å²) >= 11 is 3.80. The Morgan fingerprint density at radius 1 is 1.18 bits per heavy atom. The van der Waals surface area contributed by atoms with Gasteiger partial charge in [0.1, 0.15) is 0 Å². The van der Waals surface area contributed by atoms with Gasteiger partial charge in [0.05, 0.1) is 0 Å². The van der Waals surface area contributed by atoms with E-state index in [1.165, 1.54) is 19.3 Å². The van der Waals surface area contributed by atoms with Crippen LogP contribution in [-0.2, 0) is 0 Å². The summed E-state index contributed by atoms with van der Waals surface area (Å²) in [7, 11) is 0. The maximum Gasteiger partial charge on any atom is 0.0182 e. The van der Waals surface area contributed by atoms with E-state index in [0.29, 0.717) is 0 Å². The minimum absolute atomic E-state index is 0.844. The first-order chi connectivity index (χ1) is 5.36. The molecule has 0 saturated heterocycles. The molecule has 0 spiro atoms. The van der Waals surface area contributed by atoms with Crippen LogP contribution in [0.4, 0.5) is 0 Å². The summed E-state index contributed by atoms with van der Waals surface area (Å²) in [6, 6.07) is 0. The Kier molecular flexibility index (Phi) is 1.30. The van der Waals surface area contributed by atoms with Crippen molar-refractivity contribution in [2.45, 2.75) is 24.1 Å². The van der Waals surface area contributed by atoms with Crippen molar-refractivity contribution < 1.29 is 0 Å². The monoisotopic (exact) mass is 212 g/mol. The fourth-order valence-electron chi connectivity index (χ4n) is 3.46. The van der Waals surface area contributed by atoms with Crippen molar-refractivity contribution in [3.63, 3.8) is 0 Å². The normalized spacial score (nSPS) is 58.8. The highest BCUT2D eigenvalue weighted by molar-refractivity contribution is 9.09. The van der Waals surface area contributed by atoms with Gasteiger partial charge in [0, 0.05) is 4.83 Å². The lowest BCUT2D eigenvalue weighted by Gasteiger charge is -2.27. The molecule has 2 fully saturated rings. The van der Waals surface area contributed by atoms with Crippen LogP contribution in [0.25, 0.3) is 0 Å². The van der Waals surface area contributed by atoms with Gasteiger partial charge in [0.25, 0.3) is 0 Å². The van der Waals surface area contributed by atoms with Crippen LogP contribution in [0.1, 0.15) is 19.3 Å². The Bertz CT molecular complexity index is 209. The van der Waals surface area contributed by atoms with E-state index in [9.17, 15) is 0 Å². The van der Waals surface area contributed by atoms with E-state index >= 15 is 0 Å². The molecule has 1 heteroatoms. The largest absolute Gasteiger partial charge is 0.0887 e. The standard InChI is InChI=1S/C10H13Br/c11-10-5-6-4-9(10)8-3-1-2-7(6)8/h1,3,6-10H,2,4-5H2/t6-,7+,8-,9+,10-/m1/s1. The molecule has 3 rings (SSSR count). The summed E-state index contributed by atoms with van der Waals surface area (Å²) < 4.78 is 0. The van der Waals surface area contributed by atoms with Gasteiger partial charge in [-0.15, -0.1) is 0 Å². The smallest absolute Gasteiger partial charge is 0.0182 e. The fourth-order valence-corrected chi connectivity index (χ4v) is 4.51. The van der Waals surface area contributed by atoms with Crippen LogP contribution < -0.4 is 0 Å². The molecule has 0 unspecified atom stereocenters. The van der Waals surface area contributed by atoms with Gasteiger partial charge in [-0.2, -0.15) is 0 Å². The molecule has 60 valence electrons. The molecule has 0 aromatic carbocycles. The van der Waals surface area contributed by atoms with E-state index in [1.807, 2.05) is 0 Å². The van der Waals surface area contributed by atoms with E-state index in [1.54, 1.807) is 0 Å². The first kappa shape index (κ1) is 6.71. The number of alkyl halides is 1. The highest BCUT2D eigenvalue weighted by Crippen LogP contribution is 2.58. The summed E-state index contributed by atoms with van der Waals surface area (Å²) in [5.41, 5.74) is 0. The first-order valence-corrected chi connectivity index (χ1v) is 5.58. The topological polar surface area (TPSA) is 0 Å². The van der Waals surface area contributed by atoms with Crippen molar-refractivity contribution in [3.8, 4) is 0 Å². The van der Waals surface area contributed by atoms with E-state index in [0.717, 1.165) is 28.5 Å². The zero-order chi connectivity index (χ0) is 7.42. The van der Waals surface area contributed by atoms with Crippen LogP contribution in [0.2, 0.25) is 0 Å². The van der Waals surface area contributed by atoms with Crippen LogP contribution in [0.15, 0.2) is 12.2 Å². The number of halogens is 1. The van der Waals surface area contributed by atoms with Crippen molar-refractivity contribution in [2.75, 3.05) is 0 Å². The number of rotatable bonds is 0. The zero-order valence-electron chi connectivity index (χ0n) is 6.54. The lowest BCUT2D eigenvalue weighted by Crippen LogP contribution is -2.24. The van der Waals surface area contributed by atoms with Crippen LogP contribution in [0.5, 0.6) is 0 Å². The Labute approximate surface area is 76.2 Å². The van der Waals surface area contributed by atoms with Crippen LogP contribution in [-0.4, -0.2) is 4.83 Å². The van der Waals surface area contributed by atoms with Gasteiger partial charge in [-0.25, -0.2) is 0 Å². The molecule has 0 aliphatic heterocycles. The average molecular weight is 213 g/mol. The minimum atomic E-state index is 0.844. The van der Waals surface area contributed by atoms with Crippen LogP contribution >= 0.6 is 15.9 Å². The molecule has 0 amide bonds. The van der Waals surface area contributed by atoms with Gasteiger partial charge in [-0.1, -0.05) is 28.1 Å². The highest BCUT2D eigenvalue weighted by Gasteiger charge is 2.51. The summed E-state index contributed by atoms with van der Waals surface area (Å²) in [4.78, 5) is 0.844. The Morgan fingerprint density at radius 3 is 3.00 bits per heavy atom. The Morgan fingerprint density at radius 2 is 2.09 bits per heavy atom. The van der Waals surface area contributed by atoms with E-state index in [2.05, 4.69) is 28.1 Å². The molecule has 0 nitrogen and oxygen atoms in total. The average Bonchev–Trinajstić information content (AvgIpc) is 2.52. The molecule has 11 heavy (non-hydrogen) atoms. The summed E-state index contributed by atoms with van der Waals surface area (Å²) in [5.74, 6) is 4.06. The van der Waals surface area contributed by atoms with E-state index in [4.69, 9.17) is 0 Å². The third kappa shape index (κ3) is 0.756. The zero-order valence-corrected chi connectivity index (χ0v) is 8.13. The predicted molar refractivity (Wildman–Crippen MR) is 49.7 cm³/mol. The highest BCUT2D eigenvalue weighted by atomic mass is 79.9. The van der Waals surface area contributed by atoms with E-state index < -0.39 is 0 Å². The minimum Gasteiger partial charge on any atom is -0.0887 e. The summed E-state index contributed by atoms with van der Waals surface area (Å²) in [5, 5.41) is 0. The van der Waals surface area contributed by atoms with Gasteiger partial charge in [0.2, 0.25) is 0 Å². The second-order valence-electron chi connectivity index (χ2n) is 4.32. The molecular formula is C10H13Br. The molecule has 5 atom stereocenters. The fraction of sp³-hybridized carbons (Fsp3) is 0.800. The maximum atomic E-state index is 3.80. The van der Waals surface area contributed by atoms with Gasteiger partial charge in [-0.3, -0.25) is 0 Å². The van der Waals surface area contributed by atoms with Gasteiger partial charge in [-0.05, 0) is 42.9 Å². The molecule has 0 heterocycles. The van der Waals surface area contributed by atoms with Gasteiger partial charge >= 0.3 is 0 Å². The number of allylic oxidation sites excluding steroid dienone is 2. The second-order valence-corrected chi connectivity index (χ2v) is 5.49. The number of hydrogen-bond donors (Lipinski definition) is 0. The van der Waals surface area contributed by atoms with Crippen molar-refractivity contribution in [3.05, 3.63) is 12.2 Å². The summed E-state index contributed by atoms with van der Waals surface area (Å²) in [6.07, 6.45) is 9.22. The molecule has 0 aromatic heterocycles. The SMILES string of the molecule is Br[C@@H]1C[C@H]2C[C@H]1[C@@H]1C=CC[C@@H]21. The van der Waals surface area contributed by atoms with Crippen molar-refractivity contribution >= 4 is 15.9 Å². The van der Waals surface area contributed by atoms with Crippen molar-refractivity contribution in [1.82, 2.24) is 0 Å². The van der Waals surface area contributed by atoms with Crippen molar-refractivity contribution in [2.24, 2.45) is 23.7 Å². The lowest BCUT2D eigenvalue weighted by atomic mass is 9.81. The quantitative estimate of drug-likeness (QED) is 0.428. The first-order valence-electron chi connectivity index (χ1n) is 4.67. The van der Waals surface area contributed by atoms with Crippen LogP contribution in [0, 0.1) is 23.7 Å². The second kappa shape index (κ2) is 2.12. The molecule has 3 aliphatic carbocycles. The Balaban J connectivity index is 1.94. The molecule has 2 saturated carbocycles. The third-order valence-electron chi connectivity index (χ3n) is 3.93. The third-order valence-corrected chi connectivity index (χ3v) is 4.98. The molecule has 0 aromatic rings. The molecule has 0 radical (unpaired) electrons. The van der Waals surface area contributed by atoms with E-state index in [-0.39, 0.29) is 0 Å². The summed E-state index contributed by atoms with van der Waals surface area (Å²) in [6.45, 7) is 0. The van der Waals surface area contributed by atoms with Crippen molar-refractivity contribution in [1.29, 1.82) is 0 Å². The molecule has 0 N–H and O–H groups in total. The predicted octanol–water partition coefficient (Wildman–Crippen LogP) is 2.98. The maximum absolute atomic E-state index is 3.80. The molecule has 2 bridgehead atoms. The van der Waals surface area contributed by atoms with Gasteiger partial charge < -0.3 is 0 Å².